The first-order chi connectivity index (χ1) is 13.0. The molecule has 1 aromatic heterocycles. The fraction of sp³-hybridized carbons (Fsp3) is 0.222. The quantitative estimate of drug-likeness (QED) is 0.739. The number of nitrogens with one attached hydrogen (secondary N) is 1. The molecule has 10 heteroatoms. The lowest BCUT2D eigenvalue weighted by molar-refractivity contribution is 0.102. The Labute approximate surface area is 167 Å². The Morgan fingerprint density at radius 3 is 2.75 bits per heavy atom. The van der Waals surface area contributed by atoms with Crippen molar-refractivity contribution in [2.24, 2.45) is 10.7 Å². The van der Waals surface area contributed by atoms with E-state index in [1.165, 1.54) is 10.4 Å². The topological polar surface area (TPSA) is 101 Å². The molecule has 0 aliphatic carbocycles. The van der Waals surface area contributed by atoms with Gasteiger partial charge in [-0.15, -0.1) is 0 Å². The monoisotopic (exact) mass is 423 g/mol. The molecule has 3 rings (SSSR count). The standard InChI is InChI=1S/C18H19ClFN5O2S/c1-18(10-28(3,27)25(2)17(21)24-18)13-8-12(5-6-14(13)19)23-16(26)15-7-4-11(20)9-22-15/h4-9H,3,10H2,1-2H3,(H2,21,24)(H,23,26)/t18-,28?/m0/s1. The minimum absolute atomic E-state index is 0.0615. The van der Waals surface area contributed by atoms with Crippen LogP contribution in [0.1, 0.15) is 23.0 Å². The molecule has 1 amide bonds. The first kappa shape index (κ1) is 20.1. The Bertz CT molecular complexity index is 1070. The molecule has 7 nitrogen and oxygen atoms in total. The number of hydrogen-bond acceptors (Lipinski definition) is 5. The van der Waals surface area contributed by atoms with Gasteiger partial charge < -0.3 is 11.1 Å². The van der Waals surface area contributed by atoms with Gasteiger partial charge in [0.25, 0.3) is 5.91 Å². The number of rotatable bonds is 3. The van der Waals surface area contributed by atoms with E-state index in [2.05, 4.69) is 21.2 Å². The number of carbonyl (C=O) groups is 1. The summed E-state index contributed by atoms with van der Waals surface area (Å²) in [5.41, 5.74) is 5.98. The molecule has 3 N–H and O–H groups in total. The molecule has 2 aromatic rings. The molecule has 1 unspecified atom stereocenters. The number of carbonyl (C=O) groups excluding carboxylic acids is 1. The van der Waals surface area contributed by atoms with Crippen LogP contribution in [0.25, 0.3) is 0 Å². The lowest BCUT2D eigenvalue weighted by atomic mass is 9.94. The van der Waals surface area contributed by atoms with Gasteiger partial charge in [-0.1, -0.05) is 11.6 Å². The number of benzene rings is 1. The van der Waals surface area contributed by atoms with Crippen LogP contribution in [0.4, 0.5) is 10.1 Å². The molecule has 0 fully saturated rings. The number of nitrogens with two attached hydrogens (primary N) is 1. The predicted octanol–water partition coefficient (Wildman–Crippen LogP) is 2.23. The predicted molar refractivity (Wildman–Crippen MR) is 110 cm³/mol. The van der Waals surface area contributed by atoms with E-state index in [-0.39, 0.29) is 17.4 Å². The molecule has 0 radical (unpaired) electrons. The highest BCUT2D eigenvalue weighted by Crippen LogP contribution is 2.37. The van der Waals surface area contributed by atoms with Crippen LogP contribution in [0.5, 0.6) is 0 Å². The summed E-state index contributed by atoms with van der Waals surface area (Å²) in [5, 5.41) is 3.07. The molecular weight excluding hydrogens is 405 g/mol. The Morgan fingerprint density at radius 1 is 1.43 bits per heavy atom. The maximum absolute atomic E-state index is 13.0. The molecule has 1 aliphatic heterocycles. The van der Waals surface area contributed by atoms with E-state index < -0.39 is 27.0 Å². The van der Waals surface area contributed by atoms with Crippen molar-refractivity contribution in [1.82, 2.24) is 9.29 Å². The van der Waals surface area contributed by atoms with Gasteiger partial charge in [0, 0.05) is 23.3 Å². The van der Waals surface area contributed by atoms with Crippen molar-refractivity contribution in [3.63, 3.8) is 0 Å². The van der Waals surface area contributed by atoms with E-state index in [1.54, 1.807) is 32.2 Å². The molecular formula is C18H19ClFN5O2S. The molecule has 1 aromatic carbocycles. The fourth-order valence-electron chi connectivity index (χ4n) is 2.92. The van der Waals surface area contributed by atoms with Gasteiger partial charge in [-0.25, -0.2) is 18.6 Å². The van der Waals surface area contributed by atoms with Gasteiger partial charge >= 0.3 is 0 Å². The van der Waals surface area contributed by atoms with Crippen molar-refractivity contribution in [2.45, 2.75) is 12.5 Å². The number of aliphatic imine (C=N–C) groups is 1. The summed E-state index contributed by atoms with van der Waals surface area (Å²) >= 11 is 6.36. The van der Waals surface area contributed by atoms with Crippen molar-refractivity contribution >= 4 is 44.7 Å². The van der Waals surface area contributed by atoms with Crippen LogP contribution in [0.15, 0.2) is 41.5 Å². The zero-order valence-corrected chi connectivity index (χ0v) is 16.9. The maximum atomic E-state index is 13.0. The first-order valence-corrected chi connectivity index (χ1v) is 10.4. The van der Waals surface area contributed by atoms with Crippen molar-refractivity contribution in [1.29, 1.82) is 0 Å². The van der Waals surface area contributed by atoms with E-state index in [9.17, 15) is 13.4 Å². The molecule has 2 atom stereocenters. The number of amides is 1. The Morgan fingerprint density at radius 2 is 2.14 bits per heavy atom. The van der Waals surface area contributed by atoms with Crippen LogP contribution in [0.3, 0.4) is 0 Å². The highest BCUT2D eigenvalue weighted by atomic mass is 35.5. The second-order valence-electron chi connectivity index (χ2n) is 6.67. The number of guanidine groups is 1. The summed E-state index contributed by atoms with van der Waals surface area (Å²) in [5.74, 6) is 2.92. The molecule has 0 saturated heterocycles. The zero-order valence-electron chi connectivity index (χ0n) is 15.3. The van der Waals surface area contributed by atoms with Crippen molar-refractivity contribution in [3.05, 3.63) is 58.6 Å². The number of hydrogen-bond donors (Lipinski definition) is 2. The third kappa shape index (κ3) is 3.81. The summed E-state index contributed by atoms with van der Waals surface area (Å²) in [6.07, 6.45) is 0.962. The van der Waals surface area contributed by atoms with Crippen molar-refractivity contribution < 1.29 is 13.4 Å². The smallest absolute Gasteiger partial charge is 0.274 e. The van der Waals surface area contributed by atoms with E-state index >= 15 is 0 Å². The molecule has 148 valence electrons. The summed E-state index contributed by atoms with van der Waals surface area (Å²) in [7, 11) is -1.11. The van der Waals surface area contributed by atoms with Crippen LogP contribution >= 0.6 is 11.6 Å². The van der Waals surface area contributed by atoms with Gasteiger partial charge in [0.05, 0.1) is 21.7 Å². The zero-order chi connectivity index (χ0) is 20.7. The molecule has 2 heterocycles. The Kier molecular flexibility index (Phi) is 5.07. The third-order valence-corrected chi connectivity index (χ3v) is 6.98. The lowest BCUT2D eigenvalue weighted by Crippen LogP contribution is -2.50. The van der Waals surface area contributed by atoms with E-state index in [0.717, 1.165) is 12.3 Å². The second kappa shape index (κ2) is 7.06. The number of anilines is 1. The summed E-state index contributed by atoms with van der Waals surface area (Å²) in [6.45, 7) is 1.76. The van der Waals surface area contributed by atoms with E-state index in [1.807, 2.05) is 0 Å². The third-order valence-electron chi connectivity index (χ3n) is 4.45. The SMILES string of the molecule is C=S1(=O)C[C@@](C)(c2cc(NC(=O)c3ccc(F)cn3)ccc2Cl)N=C(N)N1C. The summed E-state index contributed by atoms with van der Waals surface area (Å²) in [6, 6.07) is 7.28. The molecule has 0 bridgehead atoms. The number of nitrogens with zero attached hydrogens (tertiary/aromatic N) is 3. The van der Waals surface area contributed by atoms with Gasteiger partial charge in [-0.3, -0.25) is 9.10 Å². The highest BCUT2D eigenvalue weighted by molar-refractivity contribution is 7.98. The lowest BCUT2D eigenvalue weighted by Gasteiger charge is -2.38. The number of aromatic nitrogens is 1. The second-order valence-corrected chi connectivity index (χ2v) is 9.46. The van der Waals surface area contributed by atoms with Gasteiger partial charge in [0.15, 0.2) is 0 Å². The van der Waals surface area contributed by atoms with Gasteiger partial charge in [0.1, 0.15) is 17.1 Å². The minimum atomic E-state index is -2.68. The largest absolute Gasteiger partial charge is 0.369 e. The van der Waals surface area contributed by atoms with Crippen molar-refractivity contribution in [2.75, 3.05) is 18.1 Å². The minimum Gasteiger partial charge on any atom is -0.369 e. The van der Waals surface area contributed by atoms with Crippen LogP contribution in [-0.4, -0.2) is 44.0 Å². The summed E-state index contributed by atoms with van der Waals surface area (Å²) < 4.78 is 27.2. The van der Waals surface area contributed by atoms with Gasteiger partial charge in [-0.2, -0.15) is 0 Å². The highest BCUT2D eigenvalue weighted by Gasteiger charge is 2.38. The molecule has 0 saturated carbocycles. The normalized spacial score (nSPS) is 24.6. The molecule has 0 spiro atoms. The summed E-state index contributed by atoms with van der Waals surface area (Å²) in [4.78, 5) is 20.5. The fourth-order valence-corrected chi connectivity index (χ4v) is 4.92. The maximum Gasteiger partial charge on any atom is 0.274 e. The van der Waals surface area contributed by atoms with Gasteiger partial charge in [0.2, 0.25) is 5.96 Å². The molecule has 1 aliphatic rings. The van der Waals surface area contributed by atoms with E-state index in [4.69, 9.17) is 17.3 Å². The number of pyridine rings is 1. The Hall–Kier alpha value is -2.65. The number of halogens is 2. The van der Waals surface area contributed by atoms with Crippen LogP contribution in [0, 0.1) is 5.82 Å². The Balaban J connectivity index is 1.96. The first-order valence-electron chi connectivity index (χ1n) is 8.19. The van der Waals surface area contributed by atoms with Crippen LogP contribution < -0.4 is 11.1 Å². The van der Waals surface area contributed by atoms with Crippen molar-refractivity contribution in [3.8, 4) is 0 Å². The van der Waals surface area contributed by atoms with Gasteiger partial charge in [-0.05, 0) is 43.1 Å². The molecule has 28 heavy (non-hydrogen) atoms. The van der Waals surface area contributed by atoms with Crippen LogP contribution in [0.2, 0.25) is 5.02 Å². The average molecular weight is 424 g/mol. The average Bonchev–Trinajstić information content (AvgIpc) is 2.61. The van der Waals surface area contributed by atoms with E-state index in [0.29, 0.717) is 16.3 Å². The van der Waals surface area contributed by atoms with Crippen LogP contribution in [-0.2, 0) is 15.2 Å².